The van der Waals surface area contributed by atoms with Gasteiger partial charge in [-0.15, -0.1) is 0 Å². The van der Waals surface area contributed by atoms with Crippen LogP contribution in [0, 0.1) is 5.41 Å². The zero-order valence-electron chi connectivity index (χ0n) is 19.2. The average molecular weight is 525 g/mol. The smallest absolute Gasteiger partial charge is 0.475 e. The van der Waals surface area contributed by atoms with Crippen LogP contribution in [0.5, 0.6) is 0 Å². The molecule has 2 aromatic heterocycles. The Kier molecular flexibility index (Phi) is 6.98. The van der Waals surface area contributed by atoms with Crippen LogP contribution >= 0.6 is 11.6 Å². The molecule has 0 radical (unpaired) electrons. The Labute approximate surface area is 209 Å². The minimum atomic E-state index is -5.08. The molecule has 2 aliphatic heterocycles. The van der Waals surface area contributed by atoms with Crippen molar-refractivity contribution < 1.29 is 27.9 Å². The van der Waals surface area contributed by atoms with Crippen molar-refractivity contribution in [1.82, 2.24) is 20.5 Å². The second-order valence-corrected chi connectivity index (χ2v) is 9.08. The number of pyridine rings is 1. The SMILES string of the molecule is CNc1n[nH]c2cc(-c3cncc(Cl)c3N3CCC4(CCNC4=O)CC3)ccc12.O=C(O)C(F)(F)F. The minimum Gasteiger partial charge on any atom is -0.475 e. The van der Waals surface area contributed by atoms with Gasteiger partial charge < -0.3 is 20.6 Å². The van der Waals surface area contributed by atoms with E-state index >= 15 is 0 Å². The predicted molar refractivity (Wildman–Crippen MR) is 129 cm³/mol. The van der Waals surface area contributed by atoms with Crippen molar-refractivity contribution >= 4 is 45.9 Å². The first kappa shape index (κ1) is 25.5. The summed E-state index contributed by atoms with van der Waals surface area (Å²) in [7, 11) is 1.86. The van der Waals surface area contributed by atoms with Gasteiger partial charge in [0.15, 0.2) is 5.82 Å². The number of aromatic nitrogens is 3. The summed E-state index contributed by atoms with van der Waals surface area (Å²) in [5.41, 5.74) is 3.77. The van der Waals surface area contributed by atoms with E-state index < -0.39 is 12.1 Å². The van der Waals surface area contributed by atoms with Crippen LogP contribution in [0.4, 0.5) is 24.7 Å². The van der Waals surface area contributed by atoms with Crippen molar-refractivity contribution in [2.75, 3.05) is 36.9 Å². The summed E-state index contributed by atoms with van der Waals surface area (Å²) in [6.45, 7) is 2.40. The molecule has 1 spiro atoms. The van der Waals surface area contributed by atoms with Crippen LogP contribution in [0.2, 0.25) is 5.02 Å². The quantitative estimate of drug-likeness (QED) is 0.407. The molecule has 0 bridgehead atoms. The van der Waals surface area contributed by atoms with Gasteiger partial charge in [0, 0.05) is 50.0 Å². The van der Waals surface area contributed by atoms with E-state index in [0.717, 1.165) is 72.4 Å². The number of fused-ring (bicyclic) bond motifs is 1. The van der Waals surface area contributed by atoms with E-state index in [1.165, 1.54) is 0 Å². The number of nitrogens with zero attached hydrogens (tertiary/aromatic N) is 3. The molecule has 36 heavy (non-hydrogen) atoms. The lowest BCUT2D eigenvalue weighted by Gasteiger charge is -2.39. The highest BCUT2D eigenvalue weighted by molar-refractivity contribution is 6.33. The van der Waals surface area contributed by atoms with Gasteiger partial charge in [-0.05, 0) is 37.0 Å². The Hall–Kier alpha value is -3.54. The fourth-order valence-corrected chi connectivity index (χ4v) is 4.97. The first-order chi connectivity index (χ1) is 17.1. The van der Waals surface area contributed by atoms with Gasteiger partial charge in [0.25, 0.3) is 0 Å². The Morgan fingerprint density at radius 3 is 2.50 bits per heavy atom. The fraction of sp³-hybridized carbons (Fsp3) is 0.391. The molecule has 5 rings (SSSR count). The molecule has 13 heteroatoms. The van der Waals surface area contributed by atoms with E-state index in [4.69, 9.17) is 21.5 Å². The minimum absolute atomic E-state index is 0.200. The second-order valence-electron chi connectivity index (χ2n) is 8.68. The maximum atomic E-state index is 12.3. The molecule has 3 aromatic rings. The zero-order valence-corrected chi connectivity index (χ0v) is 20.0. The number of rotatable bonds is 3. The van der Waals surface area contributed by atoms with Crippen molar-refractivity contribution in [3.8, 4) is 11.1 Å². The number of alkyl halides is 3. The molecule has 2 saturated heterocycles. The molecule has 0 atom stereocenters. The van der Waals surface area contributed by atoms with Gasteiger partial charge in [0.1, 0.15) is 0 Å². The van der Waals surface area contributed by atoms with Crippen LogP contribution in [0.25, 0.3) is 22.0 Å². The van der Waals surface area contributed by atoms with Crippen LogP contribution in [0.15, 0.2) is 30.6 Å². The number of aliphatic carboxylic acids is 1. The van der Waals surface area contributed by atoms with Crippen LogP contribution < -0.4 is 15.5 Å². The molecule has 9 nitrogen and oxygen atoms in total. The number of aromatic amines is 1. The van der Waals surface area contributed by atoms with Crippen LogP contribution in [0.1, 0.15) is 19.3 Å². The van der Waals surface area contributed by atoms with Gasteiger partial charge in [-0.25, -0.2) is 4.79 Å². The van der Waals surface area contributed by atoms with Crippen LogP contribution in [-0.4, -0.2) is 65.0 Å². The summed E-state index contributed by atoms with van der Waals surface area (Å²) < 4.78 is 31.7. The lowest BCUT2D eigenvalue weighted by atomic mass is 9.77. The van der Waals surface area contributed by atoms with Crippen LogP contribution in [-0.2, 0) is 9.59 Å². The number of benzene rings is 1. The van der Waals surface area contributed by atoms with Crippen molar-refractivity contribution in [3.05, 3.63) is 35.6 Å². The third-order valence-electron chi connectivity index (χ3n) is 6.63. The Morgan fingerprint density at radius 1 is 1.22 bits per heavy atom. The monoisotopic (exact) mass is 524 g/mol. The normalized spacial score (nSPS) is 17.0. The molecule has 4 N–H and O–H groups in total. The summed E-state index contributed by atoms with van der Waals surface area (Å²) in [6.07, 6.45) is 1.11. The first-order valence-corrected chi connectivity index (χ1v) is 11.6. The van der Waals surface area contributed by atoms with Gasteiger partial charge in [0.2, 0.25) is 5.91 Å². The number of carboxylic acid groups (broad SMARTS) is 1. The van der Waals surface area contributed by atoms with E-state index in [1.54, 1.807) is 6.20 Å². The van der Waals surface area contributed by atoms with Gasteiger partial charge >= 0.3 is 12.1 Å². The predicted octanol–water partition coefficient (Wildman–Crippen LogP) is 4.06. The number of carboxylic acids is 1. The summed E-state index contributed by atoms with van der Waals surface area (Å²) in [4.78, 5) is 27.9. The van der Waals surface area contributed by atoms with Crippen LogP contribution in [0.3, 0.4) is 0 Å². The van der Waals surface area contributed by atoms with Crippen molar-refractivity contribution in [2.45, 2.75) is 25.4 Å². The molecule has 0 saturated carbocycles. The molecule has 4 heterocycles. The molecule has 2 aliphatic rings. The molecular weight excluding hydrogens is 501 g/mol. The molecule has 0 unspecified atom stereocenters. The van der Waals surface area contributed by atoms with E-state index in [-0.39, 0.29) is 11.3 Å². The summed E-state index contributed by atoms with van der Waals surface area (Å²) >= 11 is 6.62. The van der Waals surface area contributed by atoms with Gasteiger partial charge in [0.05, 0.1) is 21.6 Å². The molecule has 192 valence electrons. The highest BCUT2D eigenvalue weighted by Crippen LogP contribution is 2.43. The van der Waals surface area contributed by atoms with Crippen molar-refractivity contribution in [1.29, 1.82) is 0 Å². The van der Waals surface area contributed by atoms with E-state index in [9.17, 15) is 18.0 Å². The fourth-order valence-electron chi connectivity index (χ4n) is 4.69. The lowest BCUT2D eigenvalue weighted by Crippen LogP contribution is -2.44. The van der Waals surface area contributed by atoms with Crippen molar-refractivity contribution in [3.63, 3.8) is 0 Å². The van der Waals surface area contributed by atoms with Gasteiger partial charge in [-0.1, -0.05) is 17.7 Å². The number of carbonyl (C=O) groups is 2. The largest absolute Gasteiger partial charge is 0.490 e. The number of carbonyl (C=O) groups excluding carboxylic acids is 1. The number of halogens is 4. The molecule has 0 aliphatic carbocycles. The second kappa shape index (κ2) is 9.84. The number of amides is 1. The maximum absolute atomic E-state index is 12.3. The number of nitrogens with one attached hydrogen (secondary N) is 3. The van der Waals surface area contributed by atoms with Gasteiger partial charge in [-0.2, -0.15) is 18.3 Å². The van der Waals surface area contributed by atoms with Gasteiger partial charge in [-0.3, -0.25) is 14.9 Å². The third-order valence-corrected chi connectivity index (χ3v) is 6.91. The average Bonchev–Trinajstić information content (AvgIpc) is 3.42. The topological polar surface area (TPSA) is 123 Å². The third kappa shape index (κ3) is 4.90. The summed E-state index contributed by atoms with van der Waals surface area (Å²) in [5.74, 6) is -1.72. The zero-order chi connectivity index (χ0) is 26.1. The number of hydrogen-bond acceptors (Lipinski definition) is 6. The Balaban J connectivity index is 0.000000384. The Morgan fingerprint density at radius 2 is 1.92 bits per heavy atom. The van der Waals surface area contributed by atoms with Crippen molar-refractivity contribution in [2.24, 2.45) is 5.41 Å². The highest BCUT2D eigenvalue weighted by Gasteiger charge is 2.44. The summed E-state index contributed by atoms with van der Waals surface area (Å²) in [6, 6.07) is 6.21. The number of hydrogen-bond donors (Lipinski definition) is 4. The standard InChI is InChI=1S/C21H23ClN6O.C2HF3O2/c1-23-19-14-3-2-13(10-17(14)26-27-19)15-11-24-12-16(22)18(15)28-8-5-21(6-9-28)4-7-25-20(21)29;3-2(4,5)1(6)7/h2-3,10-12H,4-9H2,1H3,(H,25,29)(H2,23,26,27);(H,6,7). The lowest BCUT2D eigenvalue weighted by molar-refractivity contribution is -0.192. The van der Waals surface area contributed by atoms with E-state index in [0.29, 0.717) is 5.02 Å². The molecule has 1 amide bonds. The molecule has 1 aromatic carbocycles. The highest BCUT2D eigenvalue weighted by atomic mass is 35.5. The molecule has 2 fully saturated rings. The number of anilines is 2. The number of piperidine rings is 1. The van der Waals surface area contributed by atoms with E-state index in [1.807, 2.05) is 13.2 Å². The Bertz CT molecular complexity index is 1290. The molecular formula is C23H24ClF3N6O3. The maximum Gasteiger partial charge on any atom is 0.490 e. The van der Waals surface area contributed by atoms with E-state index in [2.05, 4.69) is 48.9 Å². The first-order valence-electron chi connectivity index (χ1n) is 11.2. The summed E-state index contributed by atoms with van der Waals surface area (Å²) in [5, 5.41) is 22.3. The number of H-pyrrole nitrogens is 1.